The molecule has 1 aliphatic carbocycles. The van der Waals surface area contributed by atoms with Gasteiger partial charge in [0.25, 0.3) is 5.91 Å². The molecule has 188 valence electrons. The van der Waals surface area contributed by atoms with Crippen molar-refractivity contribution in [1.29, 1.82) is 0 Å². The Bertz CT molecular complexity index is 1220. The average Bonchev–Trinajstić information content (AvgIpc) is 3.73. The fraction of sp³-hybridized carbons (Fsp3) is 0.345. The van der Waals surface area contributed by atoms with Gasteiger partial charge < -0.3 is 14.5 Å². The van der Waals surface area contributed by atoms with E-state index in [0.717, 1.165) is 28.2 Å². The van der Waals surface area contributed by atoms with E-state index < -0.39 is 0 Å². The van der Waals surface area contributed by atoms with Crippen molar-refractivity contribution < 1.29 is 18.3 Å². The van der Waals surface area contributed by atoms with Gasteiger partial charge in [-0.25, -0.2) is 8.78 Å². The van der Waals surface area contributed by atoms with Gasteiger partial charge in [0.2, 0.25) is 0 Å². The van der Waals surface area contributed by atoms with E-state index in [2.05, 4.69) is 0 Å². The summed E-state index contributed by atoms with van der Waals surface area (Å²) in [5.41, 5.74) is 3.58. The van der Waals surface area contributed by atoms with Crippen LogP contribution in [-0.4, -0.2) is 49.8 Å². The Morgan fingerprint density at radius 2 is 1.72 bits per heavy atom. The first-order valence-corrected chi connectivity index (χ1v) is 13.6. The molecule has 3 aromatic carbocycles. The predicted molar refractivity (Wildman–Crippen MR) is 141 cm³/mol. The lowest BCUT2D eigenvalue weighted by Gasteiger charge is -2.36. The maximum Gasteiger partial charge on any atom is 0.254 e. The zero-order chi connectivity index (χ0) is 25.1. The summed E-state index contributed by atoms with van der Waals surface area (Å²) in [6, 6.07) is 17.3. The van der Waals surface area contributed by atoms with E-state index in [0.29, 0.717) is 50.0 Å². The Morgan fingerprint density at radius 1 is 0.972 bits per heavy atom. The molecule has 0 N–H and O–H groups in total. The molecule has 1 saturated heterocycles. The first kappa shape index (κ1) is 24.8. The molecule has 0 radical (unpaired) electrons. The predicted octanol–water partition coefficient (Wildman–Crippen LogP) is 6.24. The van der Waals surface area contributed by atoms with Crippen molar-refractivity contribution in [2.75, 3.05) is 43.9 Å². The van der Waals surface area contributed by atoms with Crippen LogP contribution in [0.1, 0.15) is 28.8 Å². The van der Waals surface area contributed by atoms with Crippen LogP contribution in [-0.2, 0) is 11.3 Å². The second kappa shape index (κ2) is 11.0. The van der Waals surface area contributed by atoms with Crippen molar-refractivity contribution in [3.8, 4) is 11.1 Å². The summed E-state index contributed by atoms with van der Waals surface area (Å²) >= 11 is 1.57. The van der Waals surface area contributed by atoms with Gasteiger partial charge in [0.05, 0.1) is 12.3 Å². The molecule has 36 heavy (non-hydrogen) atoms. The number of halogens is 2. The molecule has 1 aliphatic heterocycles. The van der Waals surface area contributed by atoms with Gasteiger partial charge in [0.1, 0.15) is 11.6 Å². The third kappa shape index (κ3) is 5.73. The van der Waals surface area contributed by atoms with Crippen molar-refractivity contribution in [3.05, 3.63) is 83.4 Å². The SMILES string of the molecule is CSc1ccc(-c2ccc(F)cc2)c(C(=O)N2CCN(c3ccc(COCC4CC4)cc3F)CC2)c1. The van der Waals surface area contributed by atoms with Crippen LogP contribution in [0, 0.1) is 17.6 Å². The van der Waals surface area contributed by atoms with E-state index in [1.807, 2.05) is 46.4 Å². The van der Waals surface area contributed by atoms with Crippen molar-refractivity contribution in [3.63, 3.8) is 0 Å². The molecule has 5 rings (SSSR count). The van der Waals surface area contributed by atoms with Crippen LogP contribution >= 0.6 is 11.8 Å². The van der Waals surface area contributed by atoms with E-state index in [1.54, 1.807) is 30.0 Å². The van der Waals surface area contributed by atoms with Gasteiger partial charge in [-0.3, -0.25) is 4.79 Å². The Balaban J connectivity index is 1.26. The summed E-state index contributed by atoms with van der Waals surface area (Å²) in [5.74, 6) is 0.0553. The zero-order valence-electron chi connectivity index (χ0n) is 20.4. The minimum atomic E-state index is -0.311. The number of hydrogen-bond donors (Lipinski definition) is 0. The highest BCUT2D eigenvalue weighted by Gasteiger charge is 2.26. The quantitative estimate of drug-likeness (QED) is 0.337. The number of rotatable bonds is 8. The summed E-state index contributed by atoms with van der Waals surface area (Å²) in [5, 5.41) is 0. The van der Waals surface area contributed by atoms with Gasteiger partial charge in [-0.2, -0.15) is 0 Å². The summed E-state index contributed by atoms with van der Waals surface area (Å²) in [6.07, 6.45) is 4.44. The molecule has 2 fully saturated rings. The van der Waals surface area contributed by atoms with E-state index in [4.69, 9.17) is 4.74 Å². The molecule has 1 amide bonds. The Morgan fingerprint density at radius 3 is 2.39 bits per heavy atom. The highest BCUT2D eigenvalue weighted by atomic mass is 32.2. The van der Waals surface area contributed by atoms with Crippen molar-refractivity contribution >= 4 is 23.4 Å². The van der Waals surface area contributed by atoms with Crippen LogP contribution in [0.3, 0.4) is 0 Å². The number of carbonyl (C=O) groups is 1. The molecule has 0 bridgehead atoms. The Hall–Kier alpha value is -2.90. The molecule has 0 unspecified atom stereocenters. The maximum atomic E-state index is 14.9. The first-order valence-electron chi connectivity index (χ1n) is 12.4. The molecule has 1 heterocycles. The maximum absolute atomic E-state index is 14.9. The number of nitrogens with zero attached hydrogens (tertiary/aromatic N) is 2. The second-order valence-electron chi connectivity index (χ2n) is 9.44. The fourth-order valence-corrected chi connectivity index (χ4v) is 4.99. The third-order valence-corrected chi connectivity index (χ3v) is 7.58. The Labute approximate surface area is 215 Å². The number of ether oxygens (including phenoxy) is 1. The third-order valence-electron chi connectivity index (χ3n) is 6.85. The topological polar surface area (TPSA) is 32.8 Å². The van der Waals surface area contributed by atoms with Crippen LogP contribution in [0.25, 0.3) is 11.1 Å². The lowest BCUT2D eigenvalue weighted by Crippen LogP contribution is -2.49. The number of carbonyl (C=O) groups excluding carboxylic acids is 1. The summed E-state index contributed by atoms with van der Waals surface area (Å²) in [7, 11) is 0. The largest absolute Gasteiger partial charge is 0.376 e. The molecule has 3 aromatic rings. The number of thioether (sulfide) groups is 1. The molecular weight excluding hydrogens is 478 g/mol. The van der Waals surface area contributed by atoms with Crippen LogP contribution in [0.15, 0.2) is 65.6 Å². The molecule has 0 aromatic heterocycles. The lowest BCUT2D eigenvalue weighted by molar-refractivity contribution is 0.0747. The molecule has 0 spiro atoms. The summed E-state index contributed by atoms with van der Waals surface area (Å²) < 4.78 is 34.1. The van der Waals surface area contributed by atoms with Crippen molar-refractivity contribution in [1.82, 2.24) is 4.90 Å². The average molecular weight is 509 g/mol. The summed E-state index contributed by atoms with van der Waals surface area (Å²) in [4.78, 5) is 18.4. The van der Waals surface area contributed by atoms with Gasteiger partial charge in [0, 0.05) is 43.2 Å². The first-order chi connectivity index (χ1) is 17.5. The van der Waals surface area contributed by atoms with Crippen LogP contribution < -0.4 is 4.90 Å². The van der Waals surface area contributed by atoms with Crippen molar-refractivity contribution in [2.24, 2.45) is 5.92 Å². The van der Waals surface area contributed by atoms with Crippen LogP contribution in [0.4, 0.5) is 14.5 Å². The highest BCUT2D eigenvalue weighted by molar-refractivity contribution is 7.98. The van der Waals surface area contributed by atoms with Gasteiger partial charge >= 0.3 is 0 Å². The molecule has 0 atom stereocenters. The molecule has 2 aliphatic rings. The number of hydrogen-bond acceptors (Lipinski definition) is 4. The standard InChI is InChI=1S/C29H30F2N2O2S/c1-36-24-9-10-25(22-5-7-23(30)8-6-22)26(17-24)29(34)33-14-12-32(13-15-33)28-11-4-21(16-27(28)31)19-35-18-20-2-3-20/h4-11,16-17,20H,2-3,12-15,18-19H2,1H3. The number of benzene rings is 3. The van der Waals surface area contributed by atoms with E-state index in [-0.39, 0.29) is 17.5 Å². The van der Waals surface area contributed by atoms with Crippen molar-refractivity contribution in [2.45, 2.75) is 24.3 Å². The normalized spacial score (nSPS) is 15.9. The molecular formula is C29H30F2N2O2S. The van der Waals surface area contributed by atoms with E-state index in [1.165, 1.54) is 25.0 Å². The molecule has 1 saturated carbocycles. The molecule has 7 heteroatoms. The number of amides is 1. The van der Waals surface area contributed by atoms with E-state index in [9.17, 15) is 13.6 Å². The van der Waals surface area contributed by atoms with E-state index >= 15 is 0 Å². The monoisotopic (exact) mass is 508 g/mol. The number of piperazine rings is 1. The minimum absolute atomic E-state index is 0.0616. The fourth-order valence-electron chi connectivity index (χ4n) is 4.55. The zero-order valence-corrected chi connectivity index (χ0v) is 21.2. The highest BCUT2D eigenvalue weighted by Crippen LogP contribution is 2.31. The van der Waals surface area contributed by atoms with Gasteiger partial charge in [-0.15, -0.1) is 11.8 Å². The van der Waals surface area contributed by atoms with Gasteiger partial charge in [-0.1, -0.05) is 24.3 Å². The summed E-state index contributed by atoms with van der Waals surface area (Å²) in [6.45, 7) is 3.28. The molecule has 4 nitrogen and oxygen atoms in total. The lowest BCUT2D eigenvalue weighted by atomic mass is 9.98. The minimum Gasteiger partial charge on any atom is -0.376 e. The van der Waals surface area contributed by atoms with Gasteiger partial charge in [-0.05, 0) is 78.1 Å². The van der Waals surface area contributed by atoms with Crippen LogP contribution in [0.2, 0.25) is 0 Å². The van der Waals surface area contributed by atoms with Gasteiger partial charge in [0.15, 0.2) is 0 Å². The van der Waals surface area contributed by atoms with Crippen LogP contribution in [0.5, 0.6) is 0 Å². The Kier molecular flexibility index (Phi) is 7.58. The smallest absolute Gasteiger partial charge is 0.254 e. The second-order valence-corrected chi connectivity index (χ2v) is 10.3. The number of anilines is 1.